The first kappa shape index (κ1) is 14.3. The Morgan fingerprint density at radius 1 is 1.47 bits per heavy atom. The molecule has 2 heterocycles. The molecule has 0 spiro atoms. The Kier molecular flexibility index (Phi) is 4.15. The number of carbonyl (C=O) groups excluding carboxylic acids is 1. The number of carbonyl (C=O) groups is 1. The van der Waals surface area contributed by atoms with Gasteiger partial charge in [0, 0.05) is 32.1 Å². The van der Waals surface area contributed by atoms with E-state index in [9.17, 15) is 13.6 Å². The zero-order valence-corrected chi connectivity index (χ0v) is 11.7. The van der Waals surface area contributed by atoms with Crippen LogP contribution in [0.3, 0.4) is 0 Å². The van der Waals surface area contributed by atoms with Crippen molar-refractivity contribution < 1.29 is 13.6 Å². The molecular formula is C12H14BrF2N3O. The third-order valence-corrected chi connectivity index (χ3v) is 3.66. The first-order valence-electron chi connectivity index (χ1n) is 5.92. The van der Waals surface area contributed by atoms with E-state index in [1.54, 1.807) is 23.2 Å². The van der Waals surface area contributed by atoms with Gasteiger partial charge in [0.15, 0.2) is 0 Å². The van der Waals surface area contributed by atoms with Crippen LogP contribution in [0.1, 0.15) is 24.4 Å². The number of halogens is 3. The number of rotatable bonds is 3. The van der Waals surface area contributed by atoms with Gasteiger partial charge in [-0.25, -0.2) is 13.8 Å². The Morgan fingerprint density at radius 3 is 2.63 bits per heavy atom. The van der Waals surface area contributed by atoms with Crippen LogP contribution in [0.25, 0.3) is 0 Å². The number of nitrogens with zero attached hydrogens (tertiary/aromatic N) is 2. The van der Waals surface area contributed by atoms with E-state index in [4.69, 9.17) is 5.73 Å². The molecule has 104 valence electrons. The van der Waals surface area contributed by atoms with Gasteiger partial charge in [-0.1, -0.05) is 0 Å². The molecule has 0 radical (unpaired) electrons. The molecule has 0 aromatic carbocycles. The summed E-state index contributed by atoms with van der Waals surface area (Å²) in [5, 5.41) is 0. The maximum atomic E-state index is 13.1. The average molecular weight is 334 g/mol. The van der Waals surface area contributed by atoms with Crippen LogP contribution < -0.4 is 5.73 Å². The molecule has 0 saturated carbocycles. The number of amides is 1. The van der Waals surface area contributed by atoms with Crippen LogP contribution >= 0.6 is 15.9 Å². The zero-order valence-electron chi connectivity index (χ0n) is 10.2. The van der Waals surface area contributed by atoms with Crippen molar-refractivity contribution >= 4 is 21.8 Å². The molecule has 1 aromatic rings. The molecule has 4 nitrogen and oxygen atoms in total. The fraction of sp³-hybridized carbons (Fsp3) is 0.500. The minimum absolute atomic E-state index is 0.153. The van der Waals surface area contributed by atoms with Gasteiger partial charge in [-0.05, 0) is 33.6 Å². The summed E-state index contributed by atoms with van der Waals surface area (Å²) in [6.07, 6.45) is 1.06. The third kappa shape index (κ3) is 3.48. The lowest BCUT2D eigenvalue weighted by Crippen LogP contribution is -2.45. The summed E-state index contributed by atoms with van der Waals surface area (Å²) in [4.78, 5) is 17.3. The van der Waals surface area contributed by atoms with E-state index in [-0.39, 0.29) is 25.9 Å². The van der Waals surface area contributed by atoms with Crippen molar-refractivity contribution in [1.82, 2.24) is 9.88 Å². The Morgan fingerprint density at radius 2 is 2.11 bits per heavy atom. The number of primary amides is 1. The van der Waals surface area contributed by atoms with E-state index in [2.05, 4.69) is 20.9 Å². The molecule has 0 aliphatic carbocycles. The topological polar surface area (TPSA) is 59.2 Å². The van der Waals surface area contributed by atoms with Crippen LogP contribution in [0.4, 0.5) is 8.78 Å². The fourth-order valence-electron chi connectivity index (χ4n) is 2.25. The van der Waals surface area contributed by atoms with E-state index < -0.39 is 17.9 Å². The second kappa shape index (κ2) is 5.50. The second-order valence-corrected chi connectivity index (χ2v) is 5.42. The Bertz CT molecular complexity index is 474. The monoisotopic (exact) mass is 333 g/mol. The van der Waals surface area contributed by atoms with Gasteiger partial charge in [0.05, 0.1) is 0 Å². The van der Waals surface area contributed by atoms with Crippen LogP contribution in [0, 0.1) is 0 Å². The van der Waals surface area contributed by atoms with Gasteiger partial charge in [-0.2, -0.15) is 0 Å². The van der Waals surface area contributed by atoms with Crippen molar-refractivity contribution in [1.29, 1.82) is 0 Å². The highest BCUT2D eigenvalue weighted by atomic mass is 79.9. The van der Waals surface area contributed by atoms with Crippen LogP contribution in [0.2, 0.25) is 0 Å². The molecule has 1 saturated heterocycles. The summed E-state index contributed by atoms with van der Waals surface area (Å²) in [6.45, 7) is 0.307. The first-order chi connectivity index (χ1) is 8.89. The van der Waals surface area contributed by atoms with Gasteiger partial charge >= 0.3 is 0 Å². The van der Waals surface area contributed by atoms with Crippen LogP contribution in [-0.4, -0.2) is 34.8 Å². The van der Waals surface area contributed by atoms with Crippen molar-refractivity contribution in [3.63, 3.8) is 0 Å². The minimum atomic E-state index is -2.64. The standard InChI is InChI=1S/C12H14BrF2N3O/c13-9-7-8(1-4-17-9)10(11(16)19)18-5-2-12(14,15)3-6-18/h1,4,7,10H,2-3,5-6H2,(H2,16,19). The number of hydrogen-bond donors (Lipinski definition) is 1. The van der Waals surface area contributed by atoms with Gasteiger partial charge in [0.1, 0.15) is 10.6 Å². The fourth-order valence-corrected chi connectivity index (χ4v) is 2.63. The molecule has 2 N–H and O–H groups in total. The van der Waals surface area contributed by atoms with Gasteiger partial charge in [0.2, 0.25) is 5.91 Å². The number of pyridine rings is 1. The van der Waals surface area contributed by atoms with Crippen LogP contribution in [-0.2, 0) is 4.79 Å². The smallest absolute Gasteiger partial charge is 0.250 e. The lowest BCUT2D eigenvalue weighted by molar-refractivity contribution is -0.127. The Hall–Kier alpha value is -1.08. The Labute approximate surface area is 118 Å². The predicted molar refractivity (Wildman–Crippen MR) is 69.6 cm³/mol. The van der Waals surface area contributed by atoms with Crippen LogP contribution in [0.5, 0.6) is 0 Å². The number of hydrogen-bond acceptors (Lipinski definition) is 3. The highest BCUT2D eigenvalue weighted by Crippen LogP contribution is 2.32. The highest BCUT2D eigenvalue weighted by Gasteiger charge is 2.38. The van der Waals surface area contributed by atoms with Crippen molar-refractivity contribution in [3.8, 4) is 0 Å². The van der Waals surface area contributed by atoms with E-state index in [1.807, 2.05) is 0 Å². The van der Waals surface area contributed by atoms with Crippen molar-refractivity contribution in [3.05, 3.63) is 28.5 Å². The molecule has 1 aromatic heterocycles. The SMILES string of the molecule is NC(=O)C(c1ccnc(Br)c1)N1CCC(F)(F)CC1. The highest BCUT2D eigenvalue weighted by molar-refractivity contribution is 9.10. The van der Waals surface area contributed by atoms with Crippen molar-refractivity contribution in [2.45, 2.75) is 24.8 Å². The first-order valence-corrected chi connectivity index (χ1v) is 6.71. The van der Waals surface area contributed by atoms with Gasteiger partial charge in [-0.15, -0.1) is 0 Å². The number of piperidine rings is 1. The largest absolute Gasteiger partial charge is 0.368 e. The number of alkyl halides is 2. The molecule has 2 rings (SSSR count). The Balaban J connectivity index is 2.20. The molecule has 0 bridgehead atoms. The lowest BCUT2D eigenvalue weighted by Gasteiger charge is -2.36. The van der Waals surface area contributed by atoms with Crippen LogP contribution in [0.15, 0.2) is 22.9 Å². The predicted octanol–water partition coefficient (Wildman–Crippen LogP) is 2.10. The van der Waals surface area contributed by atoms with E-state index in [0.717, 1.165) is 0 Å². The summed E-state index contributed by atoms with van der Waals surface area (Å²) in [5.74, 6) is -3.18. The maximum Gasteiger partial charge on any atom is 0.250 e. The third-order valence-electron chi connectivity index (χ3n) is 3.23. The summed E-state index contributed by atoms with van der Waals surface area (Å²) in [6, 6.07) is 2.67. The molecule has 19 heavy (non-hydrogen) atoms. The second-order valence-electron chi connectivity index (χ2n) is 4.61. The van der Waals surface area contributed by atoms with Crippen molar-refractivity contribution in [2.24, 2.45) is 5.73 Å². The molecule has 1 atom stereocenters. The summed E-state index contributed by atoms with van der Waals surface area (Å²) >= 11 is 3.22. The molecule has 1 fully saturated rings. The number of nitrogens with two attached hydrogens (primary N) is 1. The zero-order chi connectivity index (χ0) is 14.0. The van der Waals surface area contributed by atoms with E-state index in [1.165, 1.54) is 0 Å². The molecule has 1 aliphatic rings. The van der Waals surface area contributed by atoms with E-state index in [0.29, 0.717) is 10.2 Å². The molecular weight excluding hydrogens is 320 g/mol. The molecule has 7 heteroatoms. The van der Waals surface area contributed by atoms with Gasteiger partial charge < -0.3 is 5.73 Å². The quantitative estimate of drug-likeness (QED) is 0.862. The number of aromatic nitrogens is 1. The molecule has 1 unspecified atom stereocenters. The summed E-state index contributed by atoms with van der Waals surface area (Å²) < 4.78 is 26.9. The normalized spacial score (nSPS) is 21.0. The number of likely N-dealkylation sites (tertiary alicyclic amines) is 1. The molecule has 1 aliphatic heterocycles. The lowest BCUT2D eigenvalue weighted by atomic mass is 10.0. The van der Waals surface area contributed by atoms with Gasteiger partial charge in [0.25, 0.3) is 5.92 Å². The van der Waals surface area contributed by atoms with E-state index >= 15 is 0 Å². The van der Waals surface area contributed by atoms with Crippen molar-refractivity contribution in [2.75, 3.05) is 13.1 Å². The minimum Gasteiger partial charge on any atom is -0.368 e. The maximum absolute atomic E-state index is 13.1. The molecule has 1 amide bonds. The van der Waals surface area contributed by atoms with Gasteiger partial charge in [-0.3, -0.25) is 9.69 Å². The summed E-state index contributed by atoms with van der Waals surface area (Å²) in [5.41, 5.74) is 6.08. The average Bonchev–Trinajstić information content (AvgIpc) is 2.31. The summed E-state index contributed by atoms with van der Waals surface area (Å²) in [7, 11) is 0.